The molecule has 0 radical (unpaired) electrons. The molecule has 1 atom stereocenters. The van der Waals surface area contributed by atoms with Gasteiger partial charge in [-0.15, -0.1) is 0 Å². The summed E-state index contributed by atoms with van der Waals surface area (Å²) in [6, 6.07) is 7.76. The molecule has 0 spiro atoms. The number of aliphatic hydroxyl groups excluding tert-OH is 1. The van der Waals surface area contributed by atoms with Crippen molar-refractivity contribution in [3.05, 3.63) is 42.0 Å². The normalized spacial score (nSPS) is 11.8. The number of hydrogen-bond donors (Lipinski definition) is 1. The SMILES string of the molecule is C=C(C)C(=O)OCC(O)COc1ccc(CCC)cc1. The molecule has 0 heterocycles. The standard InChI is InChI=1S/C16H22O4/c1-4-5-13-6-8-15(9-7-13)19-10-14(17)11-20-16(18)12(2)3/h6-9,14,17H,2,4-5,10-11H2,1,3H3. The highest BCUT2D eigenvalue weighted by Gasteiger charge is 2.10. The van der Waals surface area contributed by atoms with Crippen molar-refractivity contribution in [2.45, 2.75) is 32.8 Å². The van der Waals surface area contributed by atoms with E-state index < -0.39 is 12.1 Å². The van der Waals surface area contributed by atoms with Gasteiger partial charge >= 0.3 is 5.97 Å². The highest BCUT2D eigenvalue weighted by molar-refractivity contribution is 5.86. The molecule has 110 valence electrons. The summed E-state index contributed by atoms with van der Waals surface area (Å²) in [6.45, 7) is 7.14. The number of ether oxygens (including phenoxy) is 2. The average molecular weight is 278 g/mol. The van der Waals surface area contributed by atoms with Gasteiger partial charge in [0.15, 0.2) is 0 Å². The number of hydrogen-bond acceptors (Lipinski definition) is 4. The highest BCUT2D eigenvalue weighted by atomic mass is 16.5. The van der Waals surface area contributed by atoms with Crippen molar-refractivity contribution in [3.8, 4) is 5.75 Å². The molecule has 1 unspecified atom stereocenters. The molecule has 4 nitrogen and oxygen atoms in total. The monoisotopic (exact) mass is 278 g/mol. The summed E-state index contributed by atoms with van der Waals surface area (Å²) in [7, 11) is 0. The van der Waals surface area contributed by atoms with E-state index in [2.05, 4.69) is 13.5 Å². The van der Waals surface area contributed by atoms with Crippen LogP contribution in [0.1, 0.15) is 25.8 Å². The van der Waals surface area contributed by atoms with Gasteiger partial charge in [-0.05, 0) is 31.0 Å². The first-order valence-electron chi connectivity index (χ1n) is 6.75. The zero-order chi connectivity index (χ0) is 15.0. The fraction of sp³-hybridized carbons (Fsp3) is 0.438. The van der Waals surface area contributed by atoms with Crippen molar-refractivity contribution in [2.75, 3.05) is 13.2 Å². The second-order valence-electron chi connectivity index (χ2n) is 4.74. The van der Waals surface area contributed by atoms with Gasteiger partial charge in [-0.25, -0.2) is 4.79 Å². The van der Waals surface area contributed by atoms with Gasteiger partial charge in [0, 0.05) is 5.57 Å². The Bertz CT molecular complexity index is 436. The third-order valence-corrected chi connectivity index (χ3v) is 2.66. The second kappa shape index (κ2) is 8.38. The van der Waals surface area contributed by atoms with Gasteiger partial charge in [-0.1, -0.05) is 32.1 Å². The van der Waals surface area contributed by atoms with Gasteiger partial charge in [0.1, 0.15) is 25.1 Å². The fourth-order valence-electron chi connectivity index (χ4n) is 1.58. The minimum absolute atomic E-state index is 0.0800. The molecule has 0 fully saturated rings. The van der Waals surface area contributed by atoms with Gasteiger partial charge in [-0.2, -0.15) is 0 Å². The number of esters is 1. The van der Waals surface area contributed by atoms with Crippen LogP contribution in [0.4, 0.5) is 0 Å². The number of benzene rings is 1. The molecule has 1 aromatic carbocycles. The van der Waals surface area contributed by atoms with Crippen LogP contribution in [0.3, 0.4) is 0 Å². The van der Waals surface area contributed by atoms with Crippen molar-refractivity contribution in [1.82, 2.24) is 0 Å². The molecule has 0 aliphatic carbocycles. The molecule has 20 heavy (non-hydrogen) atoms. The predicted octanol–water partition coefficient (Wildman–Crippen LogP) is 2.50. The molecule has 0 aromatic heterocycles. The maximum atomic E-state index is 11.1. The molecule has 1 N–H and O–H groups in total. The Balaban J connectivity index is 2.31. The van der Waals surface area contributed by atoms with E-state index in [1.807, 2.05) is 24.3 Å². The van der Waals surface area contributed by atoms with Crippen LogP contribution >= 0.6 is 0 Å². The van der Waals surface area contributed by atoms with Crippen LogP contribution in [-0.4, -0.2) is 30.4 Å². The van der Waals surface area contributed by atoms with Crippen LogP contribution in [-0.2, 0) is 16.0 Å². The Kier molecular flexibility index (Phi) is 6.81. The molecule has 4 heteroatoms. The zero-order valence-corrected chi connectivity index (χ0v) is 12.1. The van der Waals surface area contributed by atoms with Gasteiger partial charge in [0.25, 0.3) is 0 Å². The van der Waals surface area contributed by atoms with Crippen molar-refractivity contribution in [1.29, 1.82) is 0 Å². The summed E-state index contributed by atoms with van der Waals surface area (Å²) in [6.07, 6.45) is 1.29. The topological polar surface area (TPSA) is 55.8 Å². The predicted molar refractivity (Wildman–Crippen MR) is 77.7 cm³/mol. The first-order chi connectivity index (χ1) is 9.52. The van der Waals surface area contributed by atoms with Gasteiger partial charge in [0.05, 0.1) is 0 Å². The van der Waals surface area contributed by atoms with E-state index in [1.165, 1.54) is 5.56 Å². The van der Waals surface area contributed by atoms with Crippen molar-refractivity contribution in [3.63, 3.8) is 0 Å². The van der Waals surface area contributed by atoms with Gasteiger partial charge in [-0.3, -0.25) is 0 Å². The summed E-state index contributed by atoms with van der Waals surface area (Å²) in [5, 5.41) is 9.65. The largest absolute Gasteiger partial charge is 0.491 e. The first-order valence-corrected chi connectivity index (χ1v) is 6.75. The maximum absolute atomic E-state index is 11.1. The van der Waals surface area contributed by atoms with E-state index in [0.29, 0.717) is 11.3 Å². The minimum atomic E-state index is -0.853. The van der Waals surface area contributed by atoms with E-state index in [-0.39, 0.29) is 13.2 Å². The first kappa shape index (κ1) is 16.2. The Hall–Kier alpha value is -1.81. The Morgan fingerprint density at radius 2 is 1.95 bits per heavy atom. The highest BCUT2D eigenvalue weighted by Crippen LogP contribution is 2.13. The van der Waals surface area contributed by atoms with E-state index >= 15 is 0 Å². The molecular formula is C16H22O4. The molecular weight excluding hydrogens is 256 g/mol. The molecule has 0 amide bonds. The van der Waals surface area contributed by atoms with Crippen LogP contribution in [0.2, 0.25) is 0 Å². The van der Waals surface area contributed by atoms with E-state index in [0.717, 1.165) is 12.8 Å². The number of aliphatic hydroxyl groups is 1. The third-order valence-electron chi connectivity index (χ3n) is 2.66. The number of rotatable bonds is 8. The Morgan fingerprint density at radius 3 is 2.50 bits per heavy atom. The summed E-state index contributed by atoms with van der Waals surface area (Å²) in [4.78, 5) is 11.1. The molecule has 0 bridgehead atoms. The van der Waals surface area contributed by atoms with Gasteiger partial charge < -0.3 is 14.6 Å². The number of carbonyl (C=O) groups excluding carboxylic acids is 1. The molecule has 0 aliphatic rings. The third kappa shape index (κ3) is 5.89. The lowest BCUT2D eigenvalue weighted by Gasteiger charge is -2.13. The molecule has 0 saturated heterocycles. The molecule has 1 aromatic rings. The van der Waals surface area contributed by atoms with Crippen LogP contribution in [0.15, 0.2) is 36.4 Å². The van der Waals surface area contributed by atoms with E-state index in [4.69, 9.17) is 9.47 Å². The van der Waals surface area contributed by atoms with Crippen LogP contribution < -0.4 is 4.74 Å². The fourth-order valence-corrected chi connectivity index (χ4v) is 1.58. The van der Waals surface area contributed by atoms with Crippen LogP contribution in [0.25, 0.3) is 0 Å². The average Bonchev–Trinajstić information content (AvgIpc) is 2.44. The van der Waals surface area contributed by atoms with Crippen molar-refractivity contribution in [2.24, 2.45) is 0 Å². The summed E-state index contributed by atoms with van der Waals surface area (Å²) in [5.74, 6) is 0.183. The van der Waals surface area contributed by atoms with Crippen LogP contribution in [0.5, 0.6) is 5.75 Å². The maximum Gasteiger partial charge on any atom is 0.333 e. The summed E-state index contributed by atoms with van der Waals surface area (Å²) >= 11 is 0. The molecule has 0 saturated carbocycles. The lowest BCUT2D eigenvalue weighted by Crippen LogP contribution is -2.25. The van der Waals surface area contributed by atoms with Crippen molar-refractivity contribution < 1.29 is 19.4 Å². The Labute approximate surface area is 120 Å². The van der Waals surface area contributed by atoms with Gasteiger partial charge in [0.2, 0.25) is 0 Å². The van der Waals surface area contributed by atoms with E-state index in [9.17, 15) is 9.90 Å². The summed E-state index contributed by atoms with van der Waals surface area (Å²) < 4.78 is 10.3. The smallest absolute Gasteiger partial charge is 0.333 e. The lowest BCUT2D eigenvalue weighted by molar-refractivity contribution is -0.142. The van der Waals surface area contributed by atoms with Crippen molar-refractivity contribution >= 4 is 5.97 Å². The number of aryl methyl sites for hydroxylation is 1. The van der Waals surface area contributed by atoms with E-state index in [1.54, 1.807) is 6.92 Å². The van der Waals surface area contributed by atoms with Crippen LogP contribution in [0, 0.1) is 0 Å². The molecule has 1 rings (SSSR count). The lowest BCUT2D eigenvalue weighted by atomic mass is 10.1. The second-order valence-corrected chi connectivity index (χ2v) is 4.74. The minimum Gasteiger partial charge on any atom is -0.491 e. The quantitative estimate of drug-likeness (QED) is 0.586. The Morgan fingerprint density at radius 1 is 1.30 bits per heavy atom. The number of carbonyl (C=O) groups is 1. The zero-order valence-electron chi connectivity index (χ0n) is 12.1. The molecule has 0 aliphatic heterocycles. The summed E-state index contributed by atoms with van der Waals surface area (Å²) in [5.41, 5.74) is 1.57.